The molecule has 1 aliphatic rings. The summed E-state index contributed by atoms with van der Waals surface area (Å²) < 4.78 is 10.2. The van der Waals surface area contributed by atoms with Crippen molar-refractivity contribution in [2.75, 3.05) is 13.2 Å². The molecule has 0 radical (unpaired) electrons. The SMILES string of the molecule is CC(C)(C)OCCC#CC1=CC(=O)OC1. The van der Waals surface area contributed by atoms with Crippen LogP contribution in [0.15, 0.2) is 11.6 Å². The number of cyclic esters (lactones) is 1. The number of hydrogen-bond acceptors (Lipinski definition) is 3. The molecule has 0 aliphatic carbocycles. The molecule has 82 valence electrons. The predicted octanol–water partition coefficient (Wildman–Crippen LogP) is 1.68. The summed E-state index contributed by atoms with van der Waals surface area (Å²) in [7, 11) is 0. The lowest BCUT2D eigenvalue weighted by Gasteiger charge is -2.18. The Kier molecular flexibility index (Phi) is 3.93. The van der Waals surface area contributed by atoms with E-state index in [0.29, 0.717) is 19.6 Å². The molecule has 1 rings (SSSR count). The van der Waals surface area contributed by atoms with Crippen LogP contribution in [0.2, 0.25) is 0 Å². The second-order valence-corrected chi connectivity index (χ2v) is 4.29. The van der Waals surface area contributed by atoms with Gasteiger partial charge >= 0.3 is 5.97 Å². The molecular formula is C12H16O3. The minimum atomic E-state index is -0.301. The summed E-state index contributed by atoms with van der Waals surface area (Å²) >= 11 is 0. The molecule has 0 atom stereocenters. The van der Waals surface area contributed by atoms with Crippen LogP contribution in [0.4, 0.5) is 0 Å². The largest absolute Gasteiger partial charge is 0.457 e. The maximum Gasteiger partial charge on any atom is 0.332 e. The zero-order valence-electron chi connectivity index (χ0n) is 9.42. The van der Waals surface area contributed by atoms with Gasteiger partial charge in [0.2, 0.25) is 0 Å². The number of carbonyl (C=O) groups excluding carboxylic acids is 1. The van der Waals surface area contributed by atoms with Gasteiger partial charge in [-0.05, 0) is 20.8 Å². The number of ether oxygens (including phenoxy) is 2. The Hall–Kier alpha value is -1.27. The summed E-state index contributed by atoms with van der Waals surface area (Å²) in [5.41, 5.74) is 0.628. The summed E-state index contributed by atoms with van der Waals surface area (Å²) in [6, 6.07) is 0. The van der Waals surface area contributed by atoms with E-state index in [-0.39, 0.29) is 11.6 Å². The maximum atomic E-state index is 10.7. The fraction of sp³-hybridized carbons (Fsp3) is 0.583. The smallest absolute Gasteiger partial charge is 0.332 e. The van der Waals surface area contributed by atoms with Crippen molar-refractivity contribution in [3.05, 3.63) is 11.6 Å². The molecule has 0 aromatic carbocycles. The molecule has 0 N–H and O–H groups in total. The van der Waals surface area contributed by atoms with Crippen LogP contribution in [0.25, 0.3) is 0 Å². The molecule has 0 saturated carbocycles. The summed E-state index contributed by atoms with van der Waals surface area (Å²) in [5, 5.41) is 0. The van der Waals surface area contributed by atoms with Crippen molar-refractivity contribution in [3.63, 3.8) is 0 Å². The topological polar surface area (TPSA) is 35.5 Å². The van der Waals surface area contributed by atoms with Gasteiger partial charge in [0, 0.05) is 18.1 Å². The highest BCUT2D eigenvalue weighted by Gasteiger charge is 2.10. The van der Waals surface area contributed by atoms with Gasteiger partial charge in [0.25, 0.3) is 0 Å². The van der Waals surface area contributed by atoms with E-state index in [1.54, 1.807) is 0 Å². The fourth-order valence-electron chi connectivity index (χ4n) is 1.03. The Balaban J connectivity index is 2.23. The molecule has 0 fully saturated rings. The van der Waals surface area contributed by atoms with Gasteiger partial charge in [0.05, 0.1) is 12.2 Å². The van der Waals surface area contributed by atoms with Crippen LogP contribution in [-0.2, 0) is 14.3 Å². The normalized spacial score (nSPS) is 15.4. The van der Waals surface area contributed by atoms with E-state index in [4.69, 9.17) is 9.47 Å². The minimum Gasteiger partial charge on any atom is -0.457 e. The average Bonchev–Trinajstić information content (AvgIpc) is 2.49. The van der Waals surface area contributed by atoms with Crippen LogP contribution in [0.1, 0.15) is 27.2 Å². The summed E-state index contributed by atoms with van der Waals surface area (Å²) in [6.07, 6.45) is 2.10. The number of rotatable bonds is 2. The third-order valence-corrected chi connectivity index (χ3v) is 1.67. The van der Waals surface area contributed by atoms with Crippen LogP contribution in [0.5, 0.6) is 0 Å². The van der Waals surface area contributed by atoms with Gasteiger partial charge in [0.15, 0.2) is 0 Å². The van der Waals surface area contributed by atoms with E-state index < -0.39 is 0 Å². The van der Waals surface area contributed by atoms with Gasteiger partial charge in [-0.1, -0.05) is 11.8 Å². The van der Waals surface area contributed by atoms with Crippen molar-refractivity contribution >= 4 is 5.97 Å². The number of carbonyl (C=O) groups is 1. The third kappa shape index (κ3) is 5.24. The lowest BCUT2D eigenvalue weighted by molar-refractivity contribution is -0.134. The van der Waals surface area contributed by atoms with Gasteiger partial charge < -0.3 is 9.47 Å². The number of esters is 1. The van der Waals surface area contributed by atoms with Crippen molar-refractivity contribution in [2.45, 2.75) is 32.8 Å². The van der Waals surface area contributed by atoms with Crippen molar-refractivity contribution in [3.8, 4) is 11.8 Å². The first-order valence-electron chi connectivity index (χ1n) is 4.97. The lowest BCUT2D eigenvalue weighted by atomic mass is 10.2. The monoisotopic (exact) mass is 208 g/mol. The molecule has 0 amide bonds. The molecular weight excluding hydrogens is 192 g/mol. The predicted molar refractivity (Wildman–Crippen MR) is 57.1 cm³/mol. The van der Waals surface area contributed by atoms with Gasteiger partial charge in [-0.25, -0.2) is 4.79 Å². The van der Waals surface area contributed by atoms with E-state index in [0.717, 1.165) is 5.57 Å². The summed E-state index contributed by atoms with van der Waals surface area (Å²) in [5.74, 6) is 5.53. The van der Waals surface area contributed by atoms with E-state index in [1.807, 2.05) is 20.8 Å². The van der Waals surface area contributed by atoms with E-state index >= 15 is 0 Å². The van der Waals surface area contributed by atoms with Crippen molar-refractivity contribution in [2.24, 2.45) is 0 Å². The molecule has 0 aromatic rings. The Morgan fingerprint density at radius 3 is 2.80 bits per heavy atom. The van der Waals surface area contributed by atoms with Crippen LogP contribution >= 0.6 is 0 Å². The highest BCUT2D eigenvalue weighted by molar-refractivity contribution is 5.86. The fourth-order valence-corrected chi connectivity index (χ4v) is 1.03. The van der Waals surface area contributed by atoms with Crippen LogP contribution < -0.4 is 0 Å². The quantitative estimate of drug-likeness (QED) is 0.393. The zero-order valence-corrected chi connectivity index (χ0v) is 9.42. The van der Waals surface area contributed by atoms with E-state index in [9.17, 15) is 4.79 Å². The Labute approximate surface area is 90.4 Å². The summed E-state index contributed by atoms with van der Waals surface area (Å²) in [6.45, 7) is 6.94. The molecule has 0 aromatic heterocycles. The van der Waals surface area contributed by atoms with E-state index in [2.05, 4.69) is 11.8 Å². The number of hydrogen-bond donors (Lipinski definition) is 0. The van der Waals surface area contributed by atoms with Crippen LogP contribution in [0, 0.1) is 11.8 Å². The molecule has 1 aliphatic heterocycles. The van der Waals surface area contributed by atoms with Crippen molar-refractivity contribution in [1.29, 1.82) is 0 Å². The lowest BCUT2D eigenvalue weighted by Crippen LogP contribution is -2.19. The standard InChI is InChI=1S/C12H16O3/c1-12(2,3)15-7-5-4-6-10-8-11(13)14-9-10/h8H,5,7,9H2,1-3H3. The Morgan fingerprint density at radius 1 is 1.53 bits per heavy atom. The molecule has 15 heavy (non-hydrogen) atoms. The molecule has 3 heteroatoms. The molecule has 0 saturated heterocycles. The zero-order chi connectivity index (χ0) is 11.3. The van der Waals surface area contributed by atoms with Gasteiger partial charge in [-0.3, -0.25) is 0 Å². The Bertz CT molecular complexity index is 323. The molecule has 1 heterocycles. The van der Waals surface area contributed by atoms with Crippen molar-refractivity contribution in [1.82, 2.24) is 0 Å². The molecule has 0 spiro atoms. The third-order valence-electron chi connectivity index (χ3n) is 1.67. The van der Waals surface area contributed by atoms with Gasteiger partial charge in [0.1, 0.15) is 6.61 Å². The minimum absolute atomic E-state index is 0.118. The van der Waals surface area contributed by atoms with Crippen LogP contribution in [-0.4, -0.2) is 24.8 Å². The Morgan fingerprint density at radius 2 is 2.27 bits per heavy atom. The average molecular weight is 208 g/mol. The highest BCUT2D eigenvalue weighted by atomic mass is 16.5. The highest BCUT2D eigenvalue weighted by Crippen LogP contribution is 2.07. The van der Waals surface area contributed by atoms with Crippen LogP contribution in [0.3, 0.4) is 0 Å². The molecule has 0 bridgehead atoms. The first-order chi connectivity index (χ1) is 6.97. The second kappa shape index (κ2) is 4.99. The van der Waals surface area contributed by atoms with Gasteiger partial charge in [-0.15, -0.1) is 0 Å². The molecule has 0 unspecified atom stereocenters. The second-order valence-electron chi connectivity index (χ2n) is 4.29. The van der Waals surface area contributed by atoms with Gasteiger partial charge in [-0.2, -0.15) is 0 Å². The first-order valence-corrected chi connectivity index (χ1v) is 4.97. The maximum absolute atomic E-state index is 10.7. The summed E-state index contributed by atoms with van der Waals surface area (Å²) in [4.78, 5) is 10.7. The first kappa shape index (κ1) is 11.8. The van der Waals surface area contributed by atoms with Crippen molar-refractivity contribution < 1.29 is 14.3 Å². The molecule has 3 nitrogen and oxygen atoms in total. The van der Waals surface area contributed by atoms with E-state index in [1.165, 1.54) is 6.08 Å².